The van der Waals surface area contributed by atoms with Crippen molar-refractivity contribution in [3.63, 3.8) is 0 Å². The van der Waals surface area contributed by atoms with Crippen molar-refractivity contribution in [3.8, 4) is 0 Å². The summed E-state index contributed by atoms with van der Waals surface area (Å²) in [5.41, 5.74) is 1.43. The van der Waals surface area contributed by atoms with Gasteiger partial charge >= 0.3 is 0 Å². The summed E-state index contributed by atoms with van der Waals surface area (Å²) in [6.45, 7) is 9.07. The van der Waals surface area contributed by atoms with Crippen LogP contribution in [-0.4, -0.2) is 41.9 Å². The Labute approximate surface area is 109 Å². The minimum atomic E-state index is 0.0400. The van der Waals surface area contributed by atoms with Gasteiger partial charge in [-0.2, -0.15) is 23.8 Å². The Balaban J connectivity index is 1.92. The van der Waals surface area contributed by atoms with E-state index in [1.165, 1.54) is 37.5 Å². The van der Waals surface area contributed by atoms with Crippen molar-refractivity contribution < 1.29 is 0 Å². The minimum absolute atomic E-state index is 0.0400. The topological polar surface area (TPSA) is 18.8 Å². The van der Waals surface area contributed by atoms with Crippen LogP contribution in [0.3, 0.4) is 0 Å². The number of aliphatic imine (C=N–C) groups is 1. The third kappa shape index (κ3) is 1.82. The summed E-state index contributed by atoms with van der Waals surface area (Å²) in [6.07, 6.45) is 2.44. The van der Waals surface area contributed by atoms with Crippen molar-refractivity contribution in [1.82, 2.24) is 9.80 Å². The number of fused-ring (bicyclic) bond motifs is 1. The van der Waals surface area contributed by atoms with Gasteiger partial charge < -0.3 is 9.80 Å². The standard InChI is InChI=1S/C15H22N3/c1-15(2,13-7-3-4-8-13)18-12-6-11-17-10-5-9-16-14(17)18/h3-4,7-8H,5-6,9-12H2,1-2H3/q-1. The van der Waals surface area contributed by atoms with Crippen LogP contribution >= 0.6 is 0 Å². The average molecular weight is 244 g/mol. The molecule has 2 aliphatic rings. The predicted molar refractivity (Wildman–Crippen MR) is 74.9 cm³/mol. The second-order valence-corrected chi connectivity index (χ2v) is 5.76. The van der Waals surface area contributed by atoms with E-state index in [4.69, 9.17) is 4.99 Å². The maximum Gasteiger partial charge on any atom is 0.196 e. The molecule has 18 heavy (non-hydrogen) atoms. The highest BCUT2D eigenvalue weighted by atomic mass is 15.4. The van der Waals surface area contributed by atoms with Gasteiger partial charge in [0.05, 0.1) is 0 Å². The van der Waals surface area contributed by atoms with Crippen molar-refractivity contribution in [1.29, 1.82) is 0 Å². The molecule has 3 heteroatoms. The van der Waals surface area contributed by atoms with E-state index in [-0.39, 0.29) is 5.54 Å². The van der Waals surface area contributed by atoms with Crippen LogP contribution in [0, 0.1) is 0 Å². The fraction of sp³-hybridized carbons (Fsp3) is 0.600. The first kappa shape index (κ1) is 11.7. The lowest BCUT2D eigenvalue weighted by molar-refractivity contribution is 0.144. The van der Waals surface area contributed by atoms with Gasteiger partial charge in [-0.25, -0.2) is 6.07 Å². The minimum Gasteiger partial charge on any atom is -0.345 e. The highest BCUT2D eigenvalue weighted by Crippen LogP contribution is 2.31. The molecule has 0 spiro atoms. The van der Waals surface area contributed by atoms with E-state index in [2.05, 4.69) is 47.9 Å². The SMILES string of the molecule is CC(C)(c1cc[cH-]c1)N1CCCN2CCCN=C21. The van der Waals surface area contributed by atoms with Crippen LogP contribution in [0.1, 0.15) is 32.3 Å². The molecular formula is C15H22N3-. The molecule has 2 aliphatic heterocycles. The van der Waals surface area contributed by atoms with Crippen molar-refractivity contribution in [2.24, 2.45) is 4.99 Å². The molecule has 0 bridgehead atoms. The van der Waals surface area contributed by atoms with Gasteiger partial charge in [0.2, 0.25) is 0 Å². The zero-order chi connectivity index (χ0) is 12.6. The predicted octanol–water partition coefficient (Wildman–Crippen LogP) is 2.41. The van der Waals surface area contributed by atoms with E-state index in [1.807, 2.05) is 0 Å². The monoisotopic (exact) mass is 244 g/mol. The van der Waals surface area contributed by atoms with E-state index in [0.29, 0.717) is 0 Å². The molecule has 98 valence electrons. The number of nitrogens with zero attached hydrogens (tertiary/aromatic N) is 3. The van der Waals surface area contributed by atoms with Gasteiger partial charge in [0, 0.05) is 31.7 Å². The molecule has 1 saturated heterocycles. The van der Waals surface area contributed by atoms with Crippen LogP contribution in [-0.2, 0) is 5.54 Å². The van der Waals surface area contributed by atoms with Gasteiger partial charge in [-0.3, -0.25) is 4.99 Å². The maximum atomic E-state index is 4.78. The summed E-state index contributed by atoms with van der Waals surface area (Å²) in [5.74, 6) is 1.22. The third-order valence-electron chi connectivity index (χ3n) is 4.22. The Kier molecular flexibility index (Phi) is 2.84. The van der Waals surface area contributed by atoms with Gasteiger partial charge in [0.25, 0.3) is 0 Å². The molecular weight excluding hydrogens is 222 g/mol. The van der Waals surface area contributed by atoms with Crippen LogP contribution in [0.4, 0.5) is 0 Å². The number of hydrogen-bond donors (Lipinski definition) is 0. The molecule has 0 aliphatic carbocycles. The van der Waals surface area contributed by atoms with Gasteiger partial charge in [-0.1, -0.05) is 0 Å². The zero-order valence-electron chi connectivity index (χ0n) is 11.4. The molecule has 1 aromatic rings. The van der Waals surface area contributed by atoms with Crippen LogP contribution in [0.25, 0.3) is 0 Å². The summed E-state index contributed by atoms with van der Waals surface area (Å²) < 4.78 is 0. The highest BCUT2D eigenvalue weighted by Gasteiger charge is 2.33. The third-order valence-corrected chi connectivity index (χ3v) is 4.22. The summed E-state index contributed by atoms with van der Waals surface area (Å²) in [7, 11) is 0. The molecule has 3 rings (SSSR count). The van der Waals surface area contributed by atoms with Crippen LogP contribution in [0.15, 0.2) is 29.3 Å². The second-order valence-electron chi connectivity index (χ2n) is 5.76. The second kappa shape index (κ2) is 4.38. The smallest absolute Gasteiger partial charge is 0.196 e. The highest BCUT2D eigenvalue weighted by molar-refractivity contribution is 5.82. The van der Waals surface area contributed by atoms with Gasteiger partial charge in [0.15, 0.2) is 5.96 Å². The lowest BCUT2D eigenvalue weighted by atomic mass is 9.93. The number of hydrogen-bond acceptors (Lipinski definition) is 3. The lowest BCUT2D eigenvalue weighted by Gasteiger charge is -2.51. The lowest BCUT2D eigenvalue weighted by Crippen LogP contribution is -2.58. The Morgan fingerprint density at radius 3 is 2.83 bits per heavy atom. The molecule has 0 amide bonds. The number of rotatable bonds is 2. The molecule has 0 N–H and O–H groups in total. The first-order chi connectivity index (χ1) is 8.69. The fourth-order valence-electron chi connectivity index (χ4n) is 3.10. The molecule has 3 nitrogen and oxygen atoms in total. The van der Waals surface area contributed by atoms with Crippen molar-refractivity contribution in [2.75, 3.05) is 26.2 Å². The Hall–Kier alpha value is -1.38. The molecule has 0 atom stereocenters. The zero-order valence-corrected chi connectivity index (χ0v) is 11.4. The van der Waals surface area contributed by atoms with E-state index in [1.54, 1.807) is 0 Å². The largest absolute Gasteiger partial charge is 0.345 e. The molecule has 0 aromatic heterocycles. The first-order valence-electron chi connectivity index (χ1n) is 6.99. The summed E-state index contributed by atoms with van der Waals surface area (Å²) >= 11 is 0. The first-order valence-corrected chi connectivity index (χ1v) is 6.99. The van der Waals surface area contributed by atoms with E-state index < -0.39 is 0 Å². The van der Waals surface area contributed by atoms with Crippen LogP contribution in [0.2, 0.25) is 0 Å². The molecule has 1 fully saturated rings. The molecule has 0 unspecified atom stereocenters. The summed E-state index contributed by atoms with van der Waals surface area (Å²) in [6, 6.07) is 8.70. The Morgan fingerprint density at radius 2 is 2.06 bits per heavy atom. The number of guanidine groups is 1. The normalized spacial score (nSPS) is 20.7. The molecule has 0 radical (unpaired) electrons. The molecule has 1 aromatic carbocycles. The van der Waals surface area contributed by atoms with Crippen LogP contribution < -0.4 is 0 Å². The van der Waals surface area contributed by atoms with E-state index in [9.17, 15) is 0 Å². The van der Waals surface area contributed by atoms with Crippen molar-refractivity contribution >= 4 is 5.96 Å². The van der Waals surface area contributed by atoms with Crippen molar-refractivity contribution in [2.45, 2.75) is 32.2 Å². The van der Waals surface area contributed by atoms with Crippen molar-refractivity contribution in [3.05, 3.63) is 29.8 Å². The Bertz CT molecular complexity index is 431. The van der Waals surface area contributed by atoms with Gasteiger partial charge in [-0.15, -0.1) is 0 Å². The van der Waals surface area contributed by atoms with E-state index in [0.717, 1.165) is 13.1 Å². The summed E-state index contributed by atoms with van der Waals surface area (Å²) in [5, 5.41) is 0. The maximum absolute atomic E-state index is 4.78. The van der Waals surface area contributed by atoms with Gasteiger partial charge in [-0.05, 0) is 26.7 Å². The van der Waals surface area contributed by atoms with E-state index >= 15 is 0 Å². The molecule has 2 heterocycles. The van der Waals surface area contributed by atoms with Crippen LogP contribution in [0.5, 0.6) is 0 Å². The quantitative estimate of drug-likeness (QED) is 0.744. The van der Waals surface area contributed by atoms with Gasteiger partial charge in [0.1, 0.15) is 0 Å². The Morgan fingerprint density at radius 1 is 1.22 bits per heavy atom. The molecule has 0 saturated carbocycles. The average Bonchev–Trinajstić information content (AvgIpc) is 2.92. The fourth-order valence-corrected chi connectivity index (χ4v) is 3.10. The summed E-state index contributed by atoms with van der Waals surface area (Å²) in [4.78, 5) is 9.72.